The van der Waals surface area contributed by atoms with Crippen molar-refractivity contribution < 1.29 is 14.0 Å². The molecule has 30 heavy (non-hydrogen) atoms. The van der Waals surface area contributed by atoms with Crippen molar-refractivity contribution in [2.45, 2.75) is 18.9 Å². The molecule has 1 fully saturated rings. The molecule has 0 aromatic carbocycles. The van der Waals surface area contributed by atoms with E-state index in [0.29, 0.717) is 25.2 Å². The van der Waals surface area contributed by atoms with E-state index in [1.807, 2.05) is 11.0 Å². The molecule has 152 valence electrons. The molecule has 0 radical (unpaired) electrons. The number of anilines is 1. The Morgan fingerprint density at radius 1 is 1.10 bits per heavy atom. The minimum atomic E-state index is -0.457. The lowest BCUT2D eigenvalue weighted by Crippen LogP contribution is -2.49. The van der Waals surface area contributed by atoms with Crippen LogP contribution in [0.25, 0.3) is 0 Å². The summed E-state index contributed by atoms with van der Waals surface area (Å²) in [6.07, 6.45) is 5.58. The van der Waals surface area contributed by atoms with Gasteiger partial charge in [0.05, 0.1) is 11.8 Å². The van der Waals surface area contributed by atoms with Crippen molar-refractivity contribution in [1.82, 2.24) is 14.5 Å². The number of piperidine rings is 1. The van der Waals surface area contributed by atoms with Gasteiger partial charge in [-0.2, -0.15) is 0 Å². The first-order valence-electron chi connectivity index (χ1n) is 9.88. The molecule has 1 N–H and O–H groups in total. The topological polar surface area (TPSA) is 97.4 Å². The Kier molecular flexibility index (Phi) is 4.46. The van der Waals surface area contributed by atoms with E-state index in [1.54, 1.807) is 47.3 Å². The van der Waals surface area contributed by atoms with Crippen LogP contribution in [0.2, 0.25) is 0 Å². The van der Waals surface area contributed by atoms with Gasteiger partial charge in [0.25, 0.3) is 17.4 Å². The Balaban J connectivity index is 1.39. The molecule has 8 nitrogen and oxygen atoms in total. The van der Waals surface area contributed by atoms with Gasteiger partial charge in [-0.1, -0.05) is 0 Å². The second kappa shape index (κ2) is 7.29. The first-order valence-corrected chi connectivity index (χ1v) is 9.88. The van der Waals surface area contributed by atoms with Crippen LogP contribution < -0.4 is 10.9 Å². The van der Waals surface area contributed by atoms with Crippen LogP contribution >= 0.6 is 0 Å². The zero-order valence-corrected chi connectivity index (χ0v) is 16.2. The van der Waals surface area contributed by atoms with E-state index in [0.717, 1.165) is 12.1 Å². The fraction of sp³-hybridized carbons (Fsp3) is 0.273. The number of rotatable bonds is 3. The summed E-state index contributed by atoms with van der Waals surface area (Å²) in [6.45, 7) is 1.67. The van der Waals surface area contributed by atoms with Crippen LogP contribution in [0.5, 0.6) is 0 Å². The van der Waals surface area contributed by atoms with Crippen LogP contribution in [-0.4, -0.2) is 39.4 Å². The molecule has 5 heterocycles. The van der Waals surface area contributed by atoms with E-state index in [1.165, 1.54) is 6.26 Å². The average molecular weight is 404 g/mol. The highest BCUT2D eigenvalue weighted by atomic mass is 16.3. The minimum Gasteiger partial charge on any atom is -0.459 e. The van der Waals surface area contributed by atoms with E-state index in [-0.39, 0.29) is 34.7 Å². The van der Waals surface area contributed by atoms with E-state index in [9.17, 15) is 14.4 Å². The molecular weight excluding hydrogens is 384 g/mol. The van der Waals surface area contributed by atoms with Gasteiger partial charge in [0, 0.05) is 43.6 Å². The Hall–Kier alpha value is -3.68. The molecule has 2 aliphatic rings. The minimum absolute atomic E-state index is 0.0315. The van der Waals surface area contributed by atoms with Crippen LogP contribution in [0, 0.1) is 5.92 Å². The van der Waals surface area contributed by atoms with E-state index < -0.39 is 5.91 Å². The van der Waals surface area contributed by atoms with Gasteiger partial charge in [0.1, 0.15) is 5.69 Å². The molecule has 2 aliphatic heterocycles. The summed E-state index contributed by atoms with van der Waals surface area (Å²) in [5.41, 5.74) is 1.47. The average Bonchev–Trinajstić information content (AvgIpc) is 3.31. The molecule has 2 bridgehead atoms. The van der Waals surface area contributed by atoms with Gasteiger partial charge >= 0.3 is 0 Å². The fourth-order valence-corrected chi connectivity index (χ4v) is 4.47. The molecule has 5 rings (SSSR count). The van der Waals surface area contributed by atoms with Crippen molar-refractivity contribution in [3.05, 3.63) is 82.4 Å². The van der Waals surface area contributed by atoms with Gasteiger partial charge in [-0.25, -0.2) is 0 Å². The van der Waals surface area contributed by atoms with Gasteiger partial charge in [-0.3, -0.25) is 19.4 Å². The van der Waals surface area contributed by atoms with Gasteiger partial charge in [-0.15, -0.1) is 0 Å². The molecule has 3 aromatic rings. The van der Waals surface area contributed by atoms with Crippen LogP contribution in [-0.2, 0) is 6.54 Å². The number of nitrogens with one attached hydrogen (secondary N) is 1. The Morgan fingerprint density at radius 2 is 2.00 bits per heavy atom. The molecule has 8 heteroatoms. The third-order valence-corrected chi connectivity index (χ3v) is 5.79. The summed E-state index contributed by atoms with van der Waals surface area (Å²) in [7, 11) is 0. The van der Waals surface area contributed by atoms with Crippen molar-refractivity contribution >= 4 is 17.5 Å². The number of aromatic nitrogens is 2. The van der Waals surface area contributed by atoms with Crippen molar-refractivity contribution in [2.75, 3.05) is 18.4 Å². The monoisotopic (exact) mass is 404 g/mol. The number of pyridine rings is 2. The Labute approximate surface area is 172 Å². The van der Waals surface area contributed by atoms with Gasteiger partial charge in [0.2, 0.25) is 0 Å². The maximum atomic E-state index is 13.0. The van der Waals surface area contributed by atoms with Gasteiger partial charge in [0.15, 0.2) is 5.76 Å². The molecule has 1 saturated heterocycles. The highest BCUT2D eigenvalue weighted by Crippen LogP contribution is 2.36. The number of carbonyl (C=O) groups is 2. The smallest absolute Gasteiger partial charge is 0.291 e. The standard InChI is InChI=1S/C22H20N4O4/c27-20(19-4-2-8-30-19)24-17-5-6-18-16-9-14(12-26(18)22(17)29)11-25(13-16)21(28)15-3-1-7-23-10-15/h1-8,10,14,16H,9,11-13H2,(H,24,27)/t14-,16-/m1/s1. The van der Waals surface area contributed by atoms with Crippen molar-refractivity contribution in [3.8, 4) is 0 Å². The van der Waals surface area contributed by atoms with Crippen LogP contribution in [0.15, 0.2) is 64.3 Å². The SMILES string of the molecule is O=C(Nc1ccc2n(c1=O)C[C@@H]1C[C@@H]2CN(C(=O)c2cccnc2)C1)c1ccco1. The number of fused-ring (bicyclic) bond motifs is 4. The predicted molar refractivity (Wildman–Crippen MR) is 108 cm³/mol. The highest BCUT2D eigenvalue weighted by Gasteiger charge is 2.37. The summed E-state index contributed by atoms with van der Waals surface area (Å²) >= 11 is 0. The summed E-state index contributed by atoms with van der Waals surface area (Å²) < 4.78 is 6.83. The Morgan fingerprint density at radius 3 is 2.77 bits per heavy atom. The Bertz CT molecular complexity index is 1150. The lowest BCUT2D eigenvalue weighted by molar-refractivity contribution is 0.0594. The fourth-order valence-electron chi connectivity index (χ4n) is 4.47. The lowest BCUT2D eigenvalue weighted by atomic mass is 9.83. The van der Waals surface area contributed by atoms with Crippen molar-refractivity contribution in [2.24, 2.45) is 5.92 Å². The van der Waals surface area contributed by atoms with E-state index in [4.69, 9.17) is 4.42 Å². The molecule has 0 spiro atoms. The van der Waals surface area contributed by atoms with Crippen LogP contribution in [0.3, 0.4) is 0 Å². The summed E-state index contributed by atoms with van der Waals surface area (Å²) in [5.74, 6) is -0.0670. The summed E-state index contributed by atoms with van der Waals surface area (Å²) in [6, 6.07) is 10.2. The van der Waals surface area contributed by atoms with Gasteiger partial charge in [-0.05, 0) is 48.7 Å². The highest BCUT2D eigenvalue weighted by molar-refractivity contribution is 6.02. The van der Waals surface area contributed by atoms with Gasteiger partial charge < -0.3 is 19.2 Å². The number of hydrogen-bond acceptors (Lipinski definition) is 5. The molecule has 0 unspecified atom stereocenters. The number of likely N-dealkylation sites (tertiary alicyclic amines) is 1. The number of hydrogen-bond donors (Lipinski definition) is 1. The quantitative estimate of drug-likeness (QED) is 0.723. The van der Waals surface area contributed by atoms with Crippen LogP contribution in [0.1, 0.15) is 38.9 Å². The number of furan rings is 1. The third kappa shape index (κ3) is 3.20. The second-order valence-corrected chi connectivity index (χ2v) is 7.77. The maximum Gasteiger partial charge on any atom is 0.291 e. The van der Waals surface area contributed by atoms with E-state index >= 15 is 0 Å². The maximum absolute atomic E-state index is 13.0. The largest absolute Gasteiger partial charge is 0.459 e. The van der Waals surface area contributed by atoms with Crippen LogP contribution in [0.4, 0.5) is 5.69 Å². The molecule has 0 aliphatic carbocycles. The number of amides is 2. The number of carbonyl (C=O) groups excluding carboxylic acids is 2. The zero-order chi connectivity index (χ0) is 20.7. The second-order valence-electron chi connectivity index (χ2n) is 7.77. The predicted octanol–water partition coefficient (Wildman–Crippen LogP) is 2.35. The zero-order valence-electron chi connectivity index (χ0n) is 16.2. The molecule has 2 amide bonds. The first-order chi connectivity index (χ1) is 14.6. The molecule has 0 saturated carbocycles. The third-order valence-electron chi connectivity index (χ3n) is 5.79. The van der Waals surface area contributed by atoms with E-state index in [2.05, 4.69) is 10.3 Å². The molecule has 3 aromatic heterocycles. The first kappa shape index (κ1) is 18.4. The number of nitrogens with zero attached hydrogens (tertiary/aromatic N) is 3. The summed E-state index contributed by atoms with van der Waals surface area (Å²) in [5, 5.41) is 2.64. The lowest BCUT2D eigenvalue weighted by Gasteiger charge is -2.42. The van der Waals surface area contributed by atoms with Crippen molar-refractivity contribution in [3.63, 3.8) is 0 Å². The van der Waals surface area contributed by atoms with Crippen molar-refractivity contribution in [1.29, 1.82) is 0 Å². The molecule has 2 atom stereocenters. The normalized spacial score (nSPS) is 19.8. The summed E-state index contributed by atoms with van der Waals surface area (Å²) in [4.78, 5) is 44.0. The molecular formula is C22H20N4O4.